The van der Waals surface area contributed by atoms with Crippen molar-refractivity contribution in [1.29, 1.82) is 0 Å². The van der Waals surface area contributed by atoms with Gasteiger partial charge in [-0.3, -0.25) is 4.90 Å². The molecular formula is C13H17Cl2N. The third-order valence-corrected chi connectivity index (χ3v) is 3.89. The summed E-state index contributed by atoms with van der Waals surface area (Å²) in [5, 5.41) is 0.827. The molecule has 0 N–H and O–H groups in total. The third-order valence-electron chi connectivity index (χ3n) is 3.22. The summed E-state index contributed by atoms with van der Waals surface area (Å²) in [5.74, 6) is 1.53. The van der Waals surface area contributed by atoms with Crippen molar-refractivity contribution in [3.8, 4) is 0 Å². The topological polar surface area (TPSA) is 3.24 Å². The van der Waals surface area contributed by atoms with Crippen LogP contribution in [-0.4, -0.2) is 23.9 Å². The lowest BCUT2D eigenvalue weighted by atomic mass is 9.98. The van der Waals surface area contributed by atoms with Crippen molar-refractivity contribution < 1.29 is 0 Å². The fraction of sp³-hybridized carbons (Fsp3) is 0.538. The maximum Gasteiger partial charge on any atom is 0.0409 e. The fourth-order valence-corrected chi connectivity index (χ4v) is 2.71. The van der Waals surface area contributed by atoms with Crippen LogP contribution in [0.5, 0.6) is 0 Å². The minimum absolute atomic E-state index is 0.720. The Morgan fingerprint density at radius 2 is 2.00 bits per heavy atom. The Balaban J connectivity index is 1.87. The number of rotatable bonds is 3. The van der Waals surface area contributed by atoms with Crippen LogP contribution in [0, 0.1) is 5.92 Å². The molecule has 1 nitrogen and oxygen atoms in total. The highest BCUT2D eigenvalue weighted by atomic mass is 35.5. The fourth-order valence-electron chi connectivity index (χ4n) is 2.19. The third kappa shape index (κ3) is 3.38. The Hall–Kier alpha value is -0.240. The van der Waals surface area contributed by atoms with Crippen molar-refractivity contribution in [2.75, 3.05) is 19.0 Å². The predicted molar refractivity (Wildman–Crippen MR) is 70.2 cm³/mol. The van der Waals surface area contributed by atoms with Gasteiger partial charge in [0.2, 0.25) is 0 Å². The van der Waals surface area contributed by atoms with Crippen molar-refractivity contribution >= 4 is 23.2 Å². The molecule has 1 fully saturated rings. The number of hydrogen-bond acceptors (Lipinski definition) is 1. The van der Waals surface area contributed by atoms with Gasteiger partial charge in [0, 0.05) is 17.4 Å². The summed E-state index contributed by atoms with van der Waals surface area (Å²) in [6.45, 7) is 3.32. The van der Waals surface area contributed by atoms with Crippen molar-refractivity contribution in [1.82, 2.24) is 4.90 Å². The number of halogens is 2. The Kier molecular flexibility index (Phi) is 4.51. The lowest BCUT2D eigenvalue weighted by Crippen LogP contribution is -2.33. The van der Waals surface area contributed by atoms with Gasteiger partial charge in [-0.25, -0.2) is 0 Å². The minimum Gasteiger partial charge on any atom is -0.299 e. The van der Waals surface area contributed by atoms with Gasteiger partial charge in [-0.1, -0.05) is 23.7 Å². The number of piperidine rings is 1. The molecule has 3 heteroatoms. The maximum atomic E-state index is 5.97. The van der Waals surface area contributed by atoms with Crippen molar-refractivity contribution in [3.63, 3.8) is 0 Å². The van der Waals surface area contributed by atoms with Gasteiger partial charge in [0.25, 0.3) is 0 Å². The molecule has 88 valence electrons. The van der Waals surface area contributed by atoms with E-state index in [1.165, 1.54) is 18.4 Å². The SMILES string of the molecule is ClCC1CCN(Cc2cccc(Cl)c2)CC1. The van der Waals surface area contributed by atoms with Crippen LogP contribution in [0.3, 0.4) is 0 Å². The first-order valence-corrected chi connectivity index (χ1v) is 6.72. The predicted octanol–water partition coefficient (Wildman–Crippen LogP) is 3.79. The highest BCUT2D eigenvalue weighted by Gasteiger charge is 2.18. The van der Waals surface area contributed by atoms with Gasteiger partial charge in [-0.05, 0) is 49.5 Å². The molecule has 16 heavy (non-hydrogen) atoms. The largest absolute Gasteiger partial charge is 0.299 e. The molecule has 0 bridgehead atoms. The molecule has 1 saturated heterocycles. The van der Waals surface area contributed by atoms with Crippen LogP contribution >= 0.6 is 23.2 Å². The van der Waals surface area contributed by atoms with Gasteiger partial charge >= 0.3 is 0 Å². The first-order chi connectivity index (χ1) is 7.78. The van der Waals surface area contributed by atoms with E-state index in [-0.39, 0.29) is 0 Å². The molecule has 1 aromatic carbocycles. The van der Waals surface area contributed by atoms with Crippen molar-refractivity contribution in [2.24, 2.45) is 5.92 Å². The monoisotopic (exact) mass is 257 g/mol. The van der Waals surface area contributed by atoms with Gasteiger partial charge in [0.15, 0.2) is 0 Å². The molecular weight excluding hydrogens is 241 g/mol. The Morgan fingerprint density at radius 3 is 2.62 bits per heavy atom. The molecule has 0 saturated carbocycles. The van der Waals surface area contributed by atoms with Crippen LogP contribution in [0.1, 0.15) is 18.4 Å². The summed E-state index contributed by atoms with van der Waals surface area (Å²) in [7, 11) is 0. The molecule has 0 radical (unpaired) electrons. The maximum absolute atomic E-state index is 5.97. The summed E-state index contributed by atoms with van der Waals surface area (Å²) >= 11 is 11.8. The minimum atomic E-state index is 0.720. The molecule has 1 aromatic rings. The first-order valence-electron chi connectivity index (χ1n) is 5.80. The van der Waals surface area contributed by atoms with E-state index in [0.29, 0.717) is 0 Å². The lowest BCUT2D eigenvalue weighted by Gasteiger charge is -2.31. The van der Waals surface area contributed by atoms with E-state index >= 15 is 0 Å². The van der Waals surface area contributed by atoms with Gasteiger partial charge in [0.05, 0.1) is 0 Å². The highest BCUT2D eigenvalue weighted by molar-refractivity contribution is 6.30. The van der Waals surface area contributed by atoms with Gasteiger partial charge < -0.3 is 0 Å². The number of benzene rings is 1. The normalized spacial score (nSPS) is 18.9. The van der Waals surface area contributed by atoms with Gasteiger partial charge in [-0.15, -0.1) is 11.6 Å². The average Bonchev–Trinajstić information content (AvgIpc) is 2.30. The van der Waals surface area contributed by atoms with Crippen LogP contribution in [0.2, 0.25) is 5.02 Å². The average molecular weight is 258 g/mol. The van der Waals surface area contributed by atoms with E-state index in [9.17, 15) is 0 Å². The smallest absolute Gasteiger partial charge is 0.0409 e. The number of hydrogen-bond donors (Lipinski definition) is 0. The van der Waals surface area contributed by atoms with Crippen LogP contribution in [0.25, 0.3) is 0 Å². The molecule has 0 spiro atoms. The Morgan fingerprint density at radius 1 is 1.25 bits per heavy atom. The summed E-state index contributed by atoms with van der Waals surface area (Å²) < 4.78 is 0. The lowest BCUT2D eigenvalue weighted by molar-refractivity contribution is 0.186. The van der Waals surface area contributed by atoms with Gasteiger partial charge in [-0.2, -0.15) is 0 Å². The molecule has 0 unspecified atom stereocenters. The first kappa shape index (κ1) is 12.2. The summed E-state index contributed by atoms with van der Waals surface area (Å²) in [6, 6.07) is 8.13. The zero-order valence-electron chi connectivity index (χ0n) is 9.33. The summed E-state index contributed by atoms with van der Waals surface area (Å²) in [5.41, 5.74) is 1.30. The molecule has 2 rings (SSSR count). The van der Waals surface area contributed by atoms with Crippen molar-refractivity contribution in [3.05, 3.63) is 34.9 Å². The molecule has 1 heterocycles. The summed E-state index contributed by atoms with van der Waals surface area (Å²) in [6.07, 6.45) is 2.45. The second-order valence-electron chi connectivity index (χ2n) is 4.50. The van der Waals surface area contributed by atoms with E-state index in [2.05, 4.69) is 17.0 Å². The van der Waals surface area contributed by atoms with Crippen LogP contribution < -0.4 is 0 Å². The second-order valence-corrected chi connectivity index (χ2v) is 5.25. The molecule has 0 amide bonds. The van der Waals surface area contributed by atoms with E-state index in [1.54, 1.807) is 0 Å². The summed E-state index contributed by atoms with van der Waals surface area (Å²) in [4.78, 5) is 2.48. The van der Waals surface area contributed by atoms with E-state index < -0.39 is 0 Å². The standard InChI is InChI=1S/C13H17Cl2N/c14-9-11-4-6-16(7-5-11)10-12-2-1-3-13(15)8-12/h1-3,8,11H,4-7,9-10H2. The Labute approximate surface area is 107 Å². The van der Waals surface area contributed by atoms with Crippen LogP contribution in [0.4, 0.5) is 0 Å². The molecule has 0 aliphatic carbocycles. The second kappa shape index (κ2) is 5.90. The molecule has 1 aliphatic rings. The van der Waals surface area contributed by atoms with E-state index in [4.69, 9.17) is 23.2 Å². The molecule has 0 atom stereocenters. The van der Waals surface area contributed by atoms with Crippen molar-refractivity contribution in [2.45, 2.75) is 19.4 Å². The van der Waals surface area contributed by atoms with E-state index in [0.717, 1.165) is 36.5 Å². The number of alkyl halides is 1. The zero-order chi connectivity index (χ0) is 11.4. The zero-order valence-corrected chi connectivity index (χ0v) is 10.8. The molecule has 0 aromatic heterocycles. The highest BCUT2D eigenvalue weighted by Crippen LogP contribution is 2.20. The van der Waals surface area contributed by atoms with E-state index in [1.807, 2.05) is 12.1 Å². The molecule has 1 aliphatic heterocycles. The number of likely N-dealkylation sites (tertiary alicyclic amines) is 1. The van der Waals surface area contributed by atoms with Crippen LogP contribution in [0.15, 0.2) is 24.3 Å². The Bertz CT molecular complexity index is 332. The quantitative estimate of drug-likeness (QED) is 0.745. The number of nitrogens with zero attached hydrogens (tertiary/aromatic N) is 1. The van der Waals surface area contributed by atoms with Crippen LogP contribution in [-0.2, 0) is 6.54 Å². The van der Waals surface area contributed by atoms with Gasteiger partial charge in [0.1, 0.15) is 0 Å².